The fraction of sp³-hybridized carbons (Fsp3) is 0.296. The van der Waals surface area contributed by atoms with Crippen molar-refractivity contribution < 1.29 is 4.79 Å². The van der Waals surface area contributed by atoms with Gasteiger partial charge in [0.15, 0.2) is 0 Å². The van der Waals surface area contributed by atoms with Crippen molar-refractivity contribution in [2.75, 3.05) is 24.1 Å². The topological polar surface area (TPSA) is 119 Å². The fourth-order valence-corrected chi connectivity index (χ4v) is 4.92. The lowest BCUT2D eigenvalue weighted by Crippen LogP contribution is -2.36. The zero-order valence-corrected chi connectivity index (χ0v) is 20.7. The molecule has 1 aromatic carbocycles. The Morgan fingerprint density at radius 1 is 1.11 bits per heavy atom. The van der Waals surface area contributed by atoms with E-state index in [1.54, 1.807) is 37.1 Å². The van der Waals surface area contributed by atoms with Crippen molar-refractivity contribution in [3.8, 4) is 11.3 Å². The second-order valence-electron chi connectivity index (χ2n) is 9.36. The van der Waals surface area contributed by atoms with Crippen LogP contribution < -0.4 is 16.6 Å². The number of fused-ring (bicyclic) bond motifs is 1. The number of aryl methyl sites for hydroxylation is 2. The highest BCUT2D eigenvalue weighted by atomic mass is 16.2. The van der Waals surface area contributed by atoms with Crippen molar-refractivity contribution in [3.05, 3.63) is 70.4 Å². The first-order valence-electron chi connectivity index (χ1n) is 12.0. The number of pyridine rings is 2. The average molecular weight is 484 g/mol. The zero-order valence-electron chi connectivity index (χ0n) is 20.7. The minimum atomic E-state index is -0.131. The van der Waals surface area contributed by atoms with E-state index in [4.69, 9.17) is 10.7 Å². The van der Waals surface area contributed by atoms with E-state index in [1.807, 2.05) is 23.1 Å². The van der Waals surface area contributed by atoms with E-state index in [2.05, 4.69) is 34.3 Å². The molecule has 0 radical (unpaired) electrons. The summed E-state index contributed by atoms with van der Waals surface area (Å²) in [5.41, 5.74) is 10.2. The fourth-order valence-electron chi connectivity index (χ4n) is 4.92. The van der Waals surface area contributed by atoms with Crippen LogP contribution in [0, 0.1) is 6.92 Å². The number of anilines is 3. The van der Waals surface area contributed by atoms with E-state index < -0.39 is 0 Å². The smallest absolute Gasteiger partial charge is 0.261 e. The number of likely N-dealkylation sites (tertiary alicyclic amines) is 1. The van der Waals surface area contributed by atoms with Gasteiger partial charge in [-0.15, -0.1) is 0 Å². The van der Waals surface area contributed by atoms with Crippen LogP contribution in [0.4, 0.5) is 17.5 Å². The number of nitrogens with zero attached hydrogens (tertiary/aromatic N) is 5. The van der Waals surface area contributed by atoms with Crippen LogP contribution in [0.1, 0.15) is 36.8 Å². The number of carbonyl (C=O) groups excluding carboxylic acids is 1. The van der Waals surface area contributed by atoms with E-state index in [1.165, 1.54) is 11.1 Å². The van der Waals surface area contributed by atoms with Crippen molar-refractivity contribution in [1.29, 1.82) is 0 Å². The van der Waals surface area contributed by atoms with Gasteiger partial charge < -0.3 is 20.5 Å². The molecule has 184 valence electrons. The molecule has 1 amide bonds. The molecule has 9 heteroatoms. The van der Waals surface area contributed by atoms with Crippen LogP contribution in [0.3, 0.4) is 0 Å². The van der Waals surface area contributed by atoms with Gasteiger partial charge in [-0.3, -0.25) is 9.59 Å². The highest BCUT2D eigenvalue weighted by Gasteiger charge is 2.23. The van der Waals surface area contributed by atoms with Gasteiger partial charge >= 0.3 is 0 Å². The summed E-state index contributed by atoms with van der Waals surface area (Å²) in [6.07, 6.45) is 6.91. The summed E-state index contributed by atoms with van der Waals surface area (Å²) in [5, 5.41) is 4.67. The van der Waals surface area contributed by atoms with Crippen LogP contribution >= 0.6 is 0 Å². The summed E-state index contributed by atoms with van der Waals surface area (Å²) in [7, 11) is 1.73. The Morgan fingerprint density at radius 2 is 1.83 bits per heavy atom. The minimum Gasteiger partial charge on any atom is -0.368 e. The molecule has 1 fully saturated rings. The van der Waals surface area contributed by atoms with Gasteiger partial charge in [-0.05, 0) is 66.5 Å². The molecule has 5 rings (SSSR count). The van der Waals surface area contributed by atoms with E-state index in [9.17, 15) is 9.59 Å². The van der Waals surface area contributed by atoms with Crippen LogP contribution in [0.25, 0.3) is 22.0 Å². The number of hydrogen-bond donors (Lipinski definition) is 2. The molecule has 4 aromatic rings. The van der Waals surface area contributed by atoms with Crippen molar-refractivity contribution in [2.24, 2.45) is 7.05 Å². The van der Waals surface area contributed by atoms with Gasteiger partial charge in [0.05, 0.1) is 11.1 Å². The summed E-state index contributed by atoms with van der Waals surface area (Å²) in [6, 6.07) is 10.0. The van der Waals surface area contributed by atoms with Gasteiger partial charge in [-0.1, -0.05) is 6.07 Å². The second kappa shape index (κ2) is 9.41. The number of hydrogen-bond acceptors (Lipinski definition) is 7. The van der Waals surface area contributed by atoms with Crippen molar-refractivity contribution in [2.45, 2.75) is 32.6 Å². The van der Waals surface area contributed by atoms with Crippen molar-refractivity contribution >= 4 is 34.1 Å². The number of amides is 1. The summed E-state index contributed by atoms with van der Waals surface area (Å²) in [5.74, 6) is 1.23. The van der Waals surface area contributed by atoms with Crippen LogP contribution in [0.2, 0.25) is 0 Å². The second-order valence-corrected chi connectivity index (χ2v) is 9.36. The van der Waals surface area contributed by atoms with Gasteiger partial charge in [-0.25, -0.2) is 15.0 Å². The summed E-state index contributed by atoms with van der Waals surface area (Å²) in [4.78, 5) is 39.6. The van der Waals surface area contributed by atoms with Crippen molar-refractivity contribution in [1.82, 2.24) is 24.4 Å². The lowest BCUT2D eigenvalue weighted by Gasteiger charge is -2.32. The molecule has 0 bridgehead atoms. The predicted molar refractivity (Wildman–Crippen MR) is 141 cm³/mol. The molecule has 1 aliphatic heterocycles. The number of rotatable bonds is 4. The molecule has 0 spiro atoms. The first-order valence-corrected chi connectivity index (χ1v) is 12.0. The maximum absolute atomic E-state index is 13.0. The standard InChI is InChI=1S/C27H29N7O2/c1-16-12-21(4-5-22(16)18-7-10-34(11-8-18)17(2)35)31-25-24-19(6-9-33(3)26(24)36)13-23(32-25)20-14-29-27(28)30-15-20/h4-6,9,12-15,18H,7-8,10-11H2,1-3H3,(H,31,32)(H2,28,29,30). The number of piperidine rings is 1. The SMILES string of the molecule is CC(=O)N1CCC(c2ccc(Nc3nc(-c4cnc(N)nc4)cc4ccn(C)c(=O)c34)cc2C)CC1. The number of nitrogen functional groups attached to an aromatic ring is 1. The van der Waals surface area contributed by atoms with Crippen molar-refractivity contribution in [3.63, 3.8) is 0 Å². The summed E-state index contributed by atoms with van der Waals surface area (Å²) in [6.45, 7) is 5.32. The maximum atomic E-state index is 13.0. The molecule has 0 aliphatic carbocycles. The molecular formula is C27H29N7O2. The molecule has 1 saturated heterocycles. The number of benzene rings is 1. The number of nitrogens with two attached hydrogens (primary N) is 1. The molecule has 4 heterocycles. The predicted octanol–water partition coefficient (Wildman–Crippen LogP) is 3.75. The van der Waals surface area contributed by atoms with Gasteiger partial charge in [0.2, 0.25) is 11.9 Å². The molecule has 9 nitrogen and oxygen atoms in total. The average Bonchev–Trinajstić information content (AvgIpc) is 2.87. The Kier molecular flexibility index (Phi) is 6.13. The van der Waals surface area contributed by atoms with Crippen LogP contribution in [0.15, 0.2) is 53.7 Å². The first kappa shape index (κ1) is 23.5. The van der Waals surface area contributed by atoms with E-state index in [0.717, 1.165) is 37.0 Å². The Labute approximate surface area is 209 Å². The first-order chi connectivity index (χ1) is 17.3. The Hall–Kier alpha value is -4.27. The molecule has 3 N–H and O–H groups in total. The third kappa shape index (κ3) is 4.51. The Bertz CT molecular complexity index is 1500. The molecule has 0 saturated carbocycles. The van der Waals surface area contributed by atoms with Gasteiger partial charge in [0, 0.05) is 56.9 Å². The molecule has 0 unspecified atom stereocenters. The lowest BCUT2D eigenvalue weighted by atomic mass is 9.86. The highest BCUT2D eigenvalue weighted by molar-refractivity contribution is 5.95. The summed E-state index contributed by atoms with van der Waals surface area (Å²) >= 11 is 0. The maximum Gasteiger partial charge on any atom is 0.261 e. The van der Waals surface area contributed by atoms with E-state index >= 15 is 0 Å². The molecule has 3 aromatic heterocycles. The Morgan fingerprint density at radius 3 is 2.50 bits per heavy atom. The summed E-state index contributed by atoms with van der Waals surface area (Å²) < 4.78 is 1.54. The lowest BCUT2D eigenvalue weighted by molar-refractivity contribution is -0.129. The monoisotopic (exact) mass is 483 g/mol. The Balaban J connectivity index is 1.49. The normalized spacial score (nSPS) is 14.2. The van der Waals surface area contributed by atoms with Crippen LogP contribution in [0.5, 0.6) is 0 Å². The van der Waals surface area contributed by atoms with Crippen LogP contribution in [-0.2, 0) is 11.8 Å². The molecular weight excluding hydrogens is 454 g/mol. The molecule has 36 heavy (non-hydrogen) atoms. The van der Waals surface area contributed by atoms with E-state index in [0.29, 0.717) is 28.4 Å². The molecule has 1 aliphatic rings. The third-order valence-electron chi connectivity index (χ3n) is 6.94. The van der Waals surface area contributed by atoms with Gasteiger partial charge in [0.25, 0.3) is 5.56 Å². The number of nitrogens with one attached hydrogen (secondary N) is 1. The van der Waals surface area contributed by atoms with Gasteiger partial charge in [-0.2, -0.15) is 0 Å². The van der Waals surface area contributed by atoms with E-state index in [-0.39, 0.29) is 17.4 Å². The quantitative estimate of drug-likeness (QED) is 0.454. The third-order valence-corrected chi connectivity index (χ3v) is 6.94. The van der Waals surface area contributed by atoms with Gasteiger partial charge in [0.1, 0.15) is 5.82 Å². The van der Waals surface area contributed by atoms with Crippen LogP contribution in [-0.4, -0.2) is 43.4 Å². The molecule has 0 atom stereocenters. The zero-order chi connectivity index (χ0) is 25.4. The minimum absolute atomic E-state index is 0.131. The number of carbonyl (C=O) groups is 1. The largest absolute Gasteiger partial charge is 0.368 e. The number of aromatic nitrogens is 4. The highest BCUT2D eigenvalue weighted by Crippen LogP contribution is 2.33.